The van der Waals surface area contributed by atoms with E-state index in [2.05, 4.69) is 26.0 Å². The summed E-state index contributed by atoms with van der Waals surface area (Å²) in [6, 6.07) is 0. The number of quaternary nitrogens is 1. The summed E-state index contributed by atoms with van der Waals surface area (Å²) >= 11 is 0. The van der Waals surface area contributed by atoms with Crippen LogP contribution in [0.5, 0.6) is 0 Å². The van der Waals surface area contributed by atoms with Gasteiger partial charge in [-0.25, -0.2) is 0 Å². The number of nitrogens with zero attached hydrogens (tertiary/aromatic N) is 1. The lowest BCUT2D eigenvalue weighted by Gasteiger charge is -2.28. The van der Waals surface area contributed by atoms with E-state index in [1.165, 1.54) is 83.5 Å². The Kier molecular flexibility index (Phi) is 30.9. The maximum Gasteiger partial charge on any atom is 0.306 e. The van der Waals surface area contributed by atoms with Gasteiger partial charge in [0.25, 0.3) is 7.82 Å². The van der Waals surface area contributed by atoms with Crippen LogP contribution in [0.2, 0.25) is 0 Å². The zero-order valence-electron chi connectivity index (χ0n) is 31.7. The highest BCUT2D eigenvalue weighted by Crippen LogP contribution is 2.38. The first-order valence-corrected chi connectivity index (χ1v) is 20.9. The van der Waals surface area contributed by atoms with Crippen LogP contribution in [0.25, 0.3) is 0 Å². The number of carbonyl (C=O) groups is 2. The van der Waals surface area contributed by atoms with Gasteiger partial charge in [0, 0.05) is 12.8 Å². The molecule has 0 saturated carbocycles. The standard InChI is InChI=1S/C38H74NO8P/c1-6-8-10-12-14-16-17-18-19-20-21-23-25-27-29-31-38(41)47-36(35-46-48(42,43)45-33-32-39(3,4)5)34-44-37(40)30-28-26-24-22-15-13-11-9-7-2/h18-19,36H,6-17,20-35H2,1-5H3. The highest BCUT2D eigenvalue weighted by Gasteiger charge is 2.21. The Balaban J connectivity index is 4.42. The smallest absolute Gasteiger partial charge is 0.306 e. The van der Waals surface area contributed by atoms with Crippen molar-refractivity contribution in [2.24, 2.45) is 0 Å². The summed E-state index contributed by atoms with van der Waals surface area (Å²) in [7, 11) is 1.16. The highest BCUT2D eigenvalue weighted by atomic mass is 31.2. The third-order valence-electron chi connectivity index (χ3n) is 8.29. The summed E-state index contributed by atoms with van der Waals surface area (Å²) in [6.07, 6.45) is 29.5. The second kappa shape index (κ2) is 31.7. The number of unbranched alkanes of at least 4 members (excludes halogenated alkanes) is 19. The molecule has 0 amide bonds. The molecular weight excluding hydrogens is 629 g/mol. The number of rotatable bonds is 35. The van der Waals surface area contributed by atoms with Gasteiger partial charge < -0.3 is 27.9 Å². The van der Waals surface area contributed by atoms with E-state index < -0.39 is 26.5 Å². The summed E-state index contributed by atoms with van der Waals surface area (Å²) in [5.41, 5.74) is 0. The Hall–Kier alpha value is -1.25. The predicted molar refractivity (Wildman–Crippen MR) is 195 cm³/mol. The van der Waals surface area contributed by atoms with Gasteiger partial charge in [-0.15, -0.1) is 0 Å². The van der Waals surface area contributed by atoms with Gasteiger partial charge in [-0.3, -0.25) is 14.2 Å². The number of phosphoric acid groups is 1. The summed E-state index contributed by atoms with van der Waals surface area (Å²) in [4.78, 5) is 37.2. The molecule has 0 aliphatic rings. The number of ether oxygens (including phenoxy) is 2. The molecule has 0 radical (unpaired) electrons. The molecule has 0 aliphatic carbocycles. The lowest BCUT2D eigenvalue weighted by Crippen LogP contribution is -2.37. The molecule has 0 rings (SSSR count). The van der Waals surface area contributed by atoms with E-state index in [-0.39, 0.29) is 32.0 Å². The van der Waals surface area contributed by atoms with Crippen LogP contribution in [0.1, 0.15) is 168 Å². The Labute approximate surface area is 295 Å². The van der Waals surface area contributed by atoms with Crippen molar-refractivity contribution in [3.8, 4) is 0 Å². The first kappa shape index (κ1) is 46.8. The maximum atomic E-state index is 12.6. The van der Waals surface area contributed by atoms with Crippen molar-refractivity contribution in [3.63, 3.8) is 0 Å². The third kappa shape index (κ3) is 34.6. The van der Waals surface area contributed by atoms with E-state index in [0.29, 0.717) is 17.4 Å². The van der Waals surface area contributed by atoms with Gasteiger partial charge in [-0.2, -0.15) is 0 Å². The Morgan fingerprint density at radius 2 is 1.06 bits per heavy atom. The van der Waals surface area contributed by atoms with E-state index in [1.54, 1.807) is 0 Å². The quantitative estimate of drug-likeness (QED) is 0.0211. The summed E-state index contributed by atoms with van der Waals surface area (Å²) in [5, 5.41) is 0. The molecular formula is C38H74NO8P. The van der Waals surface area contributed by atoms with Crippen molar-refractivity contribution >= 4 is 19.8 Å². The van der Waals surface area contributed by atoms with Crippen molar-refractivity contribution < 1.29 is 42.1 Å². The topological polar surface area (TPSA) is 111 Å². The number of esters is 2. The normalized spacial score (nSPS) is 13.9. The molecule has 2 atom stereocenters. The van der Waals surface area contributed by atoms with E-state index in [4.69, 9.17) is 18.5 Å². The van der Waals surface area contributed by atoms with Crippen molar-refractivity contribution in [1.82, 2.24) is 0 Å². The fraction of sp³-hybridized carbons (Fsp3) is 0.895. The van der Waals surface area contributed by atoms with Crippen LogP contribution in [0.4, 0.5) is 0 Å². The Bertz CT molecular complexity index is 845. The van der Waals surface area contributed by atoms with E-state index in [9.17, 15) is 19.0 Å². The molecule has 9 nitrogen and oxygen atoms in total. The molecule has 0 aromatic carbocycles. The van der Waals surface area contributed by atoms with Crippen LogP contribution in [0.3, 0.4) is 0 Å². The fourth-order valence-corrected chi connectivity index (χ4v) is 5.91. The predicted octanol–water partition coefficient (Wildman–Crippen LogP) is 9.61. The number of likely N-dealkylation sites (N-methyl/N-ethyl adjacent to an activating group) is 1. The first-order chi connectivity index (χ1) is 23.0. The lowest BCUT2D eigenvalue weighted by atomic mass is 10.1. The molecule has 0 heterocycles. The number of carbonyl (C=O) groups excluding carboxylic acids is 2. The minimum Gasteiger partial charge on any atom is -0.756 e. The SMILES string of the molecule is CCCCCCCCC=CCCCCCCCC(=O)OC(COC(=O)CCCCCCCCCCC)COP(=O)([O-])OCC[N+](C)(C)C. The molecule has 0 bridgehead atoms. The van der Waals surface area contributed by atoms with E-state index >= 15 is 0 Å². The van der Waals surface area contributed by atoms with E-state index in [1.807, 2.05) is 21.1 Å². The largest absolute Gasteiger partial charge is 0.756 e. The molecule has 2 unspecified atom stereocenters. The molecule has 284 valence electrons. The molecule has 0 fully saturated rings. The summed E-state index contributed by atoms with van der Waals surface area (Å²) in [5.74, 6) is -0.844. The average Bonchev–Trinajstić information content (AvgIpc) is 3.02. The maximum absolute atomic E-state index is 12.6. The van der Waals surface area contributed by atoms with Crippen molar-refractivity contribution in [2.45, 2.75) is 174 Å². The monoisotopic (exact) mass is 704 g/mol. The van der Waals surface area contributed by atoms with Crippen LogP contribution >= 0.6 is 7.82 Å². The van der Waals surface area contributed by atoms with Crippen LogP contribution in [0.15, 0.2) is 12.2 Å². The van der Waals surface area contributed by atoms with Crippen molar-refractivity contribution in [2.75, 3.05) is 47.5 Å². The van der Waals surface area contributed by atoms with Crippen molar-refractivity contribution in [1.29, 1.82) is 0 Å². The van der Waals surface area contributed by atoms with Crippen LogP contribution < -0.4 is 4.89 Å². The van der Waals surface area contributed by atoms with Gasteiger partial charge in [0.15, 0.2) is 6.10 Å². The van der Waals surface area contributed by atoms with Gasteiger partial charge in [0.1, 0.15) is 19.8 Å². The fourth-order valence-electron chi connectivity index (χ4n) is 5.18. The highest BCUT2D eigenvalue weighted by molar-refractivity contribution is 7.45. The minimum atomic E-state index is -4.61. The van der Waals surface area contributed by atoms with Gasteiger partial charge in [0.2, 0.25) is 0 Å². The van der Waals surface area contributed by atoms with Crippen molar-refractivity contribution in [3.05, 3.63) is 12.2 Å². The molecule has 0 aliphatic heterocycles. The van der Waals surface area contributed by atoms with E-state index in [0.717, 1.165) is 51.4 Å². The molecule has 0 saturated heterocycles. The molecule has 0 N–H and O–H groups in total. The molecule has 10 heteroatoms. The lowest BCUT2D eigenvalue weighted by molar-refractivity contribution is -0.870. The second-order valence-corrected chi connectivity index (χ2v) is 15.7. The van der Waals surface area contributed by atoms with Gasteiger partial charge in [0.05, 0.1) is 27.7 Å². The zero-order valence-corrected chi connectivity index (χ0v) is 32.6. The number of phosphoric ester groups is 1. The van der Waals surface area contributed by atoms with Crippen LogP contribution in [-0.2, 0) is 32.7 Å². The molecule has 0 aromatic rings. The Morgan fingerprint density at radius 3 is 1.54 bits per heavy atom. The molecule has 48 heavy (non-hydrogen) atoms. The molecule has 0 spiro atoms. The minimum absolute atomic E-state index is 0.0298. The second-order valence-electron chi connectivity index (χ2n) is 14.3. The summed E-state index contributed by atoms with van der Waals surface area (Å²) in [6.45, 7) is 4.18. The van der Waals surface area contributed by atoms with Gasteiger partial charge in [-0.05, 0) is 38.5 Å². The average molecular weight is 704 g/mol. The van der Waals surface area contributed by atoms with Crippen LogP contribution in [0, 0.1) is 0 Å². The number of hydrogen-bond acceptors (Lipinski definition) is 8. The number of hydrogen-bond donors (Lipinski definition) is 0. The first-order valence-electron chi connectivity index (χ1n) is 19.4. The van der Waals surface area contributed by atoms with Gasteiger partial charge >= 0.3 is 11.9 Å². The third-order valence-corrected chi connectivity index (χ3v) is 9.25. The van der Waals surface area contributed by atoms with Gasteiger partial charge in [-0.1, -0.05) is 129 Å². The zero-order chi connectivity index (χ0) is 35.8. The summed E-state index contributed by atoms with van der Waals surface area (Å²) < 4.78 is 33.7. The number of allylic oxidation sites excluding steroid dienone is 2. The molecule has 0 aromatic heterocycles. The Morgan fingerprint density at radius 1 is 0.625 bits per heavy atom. The van der Waals surface area contributed by atoms with Crippen LogP contribution in [-0.4, -0.2) is 70.0 Å².